The molecule has 0 spiro atoms. The summed E-state index contributed by atoms with van der Waals surface area (Å²) < 4.78 is 50.0. The topological polar surface area (TPSA) is 66.4 Å². The number of methoxy groups -OCH3 is 2. The molecule has 0 fully saturated rings. The highest BCUT2D eigenvalue weighted by molar-refractivity contribution is 6.09. The third-order valence-electron chi connectivity index (χ3n) is 12.5. The summed E-state index contributed by atoms with van der Waals surface area (Å²) in [4.78, 5) is 14.7. The van der Waals surface area contributed by atoms with Crippen molar-refractivity contribution in [3.63, 3.8) is 0 Å². The number of hydrogen-bond donors (Lipinski definition) is 0. The molecule has 1 aliphatic heterocycles. The van der Waals surface area contributed by atoms with Crippen molar-refractivity contribution in [2.45, 2.75) is 37.7 Å². The Morgan fingerprint density at radius 1 is 0.574 bits per heavy atom. The molecule has 2 aliphatic rings. The van der Waals surface area contributed by atoms with Gasteiger partial charge in [0.05, 0.1) is 14.2 Å². The summed E-state index contributed by atoms with van der Waals surface area (Å²) in [7, 11) is 3.24. The monoisotopic (exact) mass is 805 g/mol. The molecule has 0 bridgehead atoms. The molecule has 0 amide bonds. The molecule has 1 aromatic heterocycles. The molecule has 2 heterocycles. The van der Waals surface area contributed by atoms with Crippen molar-refractivity contribution in [3.05, 3.63) is 185 Å². The van der Waals surface area contributed by atoms with Gasteiger partial charge in [-0.25, -0.2) is 23.7 Å². The Bertz CT molecular complexity index is 2940. The number of benzene rings is 7. The lowest BCUT2D eigenvalue weighted by atomic mass is 9.71. The quantitative estimate of drug-likeness (QED) is 0.145. The van der Waals surface area contributed by atoms with Crippen LogP contribution in [0, 0.1) is 11.6 Å². The van der Waals surface area contributed by atoms with Gasteiger partial charge in [-0.2, -0.15) is 0 Å². The van der Waals surface area contributed by atoms with Crippen LogP contribution in [0.1, 0.15) is 54.5 Å². The molecule has 61 heavy (non-hydrogen) atoms. The molecule has 6 nitrogen and oxygen atoms in total. The highest BCUT2D eigenvalue weighted by Crippen LogP contribution is 2.61. The van der Waals surface area contributed by atoms with Crippen LogP contribution in [0.3, 0.4) is 0 Å². The summed E-state index contributed by atoms with van der Waals surface area (Å²) in [6, 6.07) is 43.4. The summed E-state index contributed by atoms with van der Waals surface area (Å²) >= 11 is 0. The first-order valence-electron chi connectivity index (χ1n) is 20.5. The van der Waals surface area contributed by atoms with Crippen molar-refractivity contribution < 1.29 is 23.0 Å². The Morgan fingerprint density at radius 3 is 1.66 bits per heavy atom. The zero-order valence-electron chi connectivity index (χ0n) is 34.2. The maximum absolute atomic E-state index is 15.4. The predicted octanol–water partition coefficient (Wildman–Crippen LogP) is 12.8. The third kappa shape index (κ3) is 5.99. The van der Waals surface area contributed by atoms with Gasteiger partial charge in [-0.3, -0.25) is 0 Å². The fraction of sp³-hybridized carbons (Fsp3) is 0.151. The minimum absolute atomic E-state index is 0.298. The van der Waals surface area contributed by atoms with Crippen LogP contribution >= 0.6 is 0 Å². The highest BCUT2D eigenvalue weighted by Gasteiger charge is 2.47. The Labute approximate surface area is 353 Å². The van der Waals surface area contributed by atoms with Gasteiger partial charge in [-0.1, -0.05) is 129 Å². The van der Waals surface area contributed by atoms with Crippen LogP contribution in [0.4, 0.5) is 8.78 Å². The van der Waals surface area contributed by atoms with Gasteiger partial charge in [0.1, 0.15) is 17.4 Å². The van der Waals surface area contributed by atoms with Crippen molar-refractivity contribution in [2.75, 3.05) is 14.2 Å². The van der Waals surface area contributed by atoms with Crippen LogP contribution in [-0.2, 0) is 11.0 Å². The molecule has 1 unspecified atom stereocenters. The zero-order chi connectivity index (χ0) is 41.9. The van der Waals surface area contributed by atoms with Crippen LogP contribution in [0.25, 0.3) is 62.1 Å². The molecule has 8 heteroatoms. The smallest absolute Gasteiger partial charge is 0.178 e. The van der Waals surface area contributed by atoms with Crippen LogP contribution in [0.5, 0.6) is 17.2 Å². The minimum Gasteiger partial charge on any atom is -0.493 e. The first kappa shape index (κ1) is 38.0. The summed E-state index contributed by atoms with van der Waals surface area (Å²) in [6.07, 6.45) is 5.72. The number of halogens is 2. The van der Waals surface area contributed by atoms with Gasteiger partial charge in [-0.05, 0) is 70.8 Å². The molecule has 0 N–H and O–H groups in total. The number of rotatable bonds is 9. The minimum atomic E-state index is -1.46. The average molecular weight is 806 g/mol. The van der Waals surface area contributed by atoms with Gasteiger partial charge >= 0.3 is 0 Å². The molecule has 0 radical (unpaired) electrons. The van der Waals surface area contributed by atoms with E-state index in [1.807, 2.05) is 103 Å². The van der Waals surface area contributed by atoms with Crippen LogP contribution in [0.15, 0.2) is 146 Å². The normalized spacial score (nSPS) is 15.8. The van der Waals surface area contributed by atoms with E-state index in [1.54, 1.807) is 14.2 Å². The fourth-order valence-electron chi connectivity index (χ4n) is 9.53. The van der Waals surface area contributed by atoms with E-state index in [4.69, 9.17) is 29.2 Å². The second kappa shape index (κ2) is 14.8. The van der Waals surface area contributed by atoms with E-state index in [0.29, 0.717) is 45.8 Å². The van der Waals surface area contributed by atoms with Crippen molar-refractivity contribution in [1.82, 2.24) is 15.0 Å². The van der Waals surface area contributed by atoms with Gasteiger partial charge in [0.25, 0.3) is 0 Å². The van der Waals surface area contributed by atoms with Gasteiger partial charge in [-0.15, -0.1) is 0 Å². The molecule has 10 rings (SSSR count). The molecule has 7 aromatic carbocycles. The predicted molar refractivity (Wildman–Crippen MR) is 237 cm³/mol. The van der Waals surface area contributed by atoms with Crippen molar-refractivity contribution in [3.8, 4) is 62.5 Å². The Hall–Kier alpha value is -7.19. The first-order chi connectivity index (χ1) is 29.8. The standard InChI is InChI=1S/C53H41F2N3O3/c1-5-52(6-2)43-20-14-13-19-39(43)46-41-30-44(59-3)45(60-4)31-42(41)48-40(47(46)52)25-26-53(61-48,36-27-37(54)29-38(55)28-36)35-23-21-34(22-24-35)51-57-49(32-15-9-7-10-16-32)56-50(58-51)33-17-11-8-12-18-33/h7-31H,5-6H2,1-4H3. The van der Waals surface area contributed by atoms with E-state index in [2.05, 4.69) is 44.2 Å². The molecule has 8 aromatic rings. The summed E-state index contributed by atoms with van der Waals surface area (Å²) in [5.74, 6) is 1.85. The molecule has 1 atom stereocenters. The summed E-state index contributed by atoms with van der Waals surface area (Å²) in [6.45, 7) is 4.46. The van der Waals surface area contributed by atoms with Gasteiger partial charge in [0.2, 0.25) is 0 Å². The lowest BCUT2D eigenvalue weighted by Crippen LogP contribution is -2.35. The third-order valence-corrected chi connectivity index (χ3v) is 12.5. The van der Waals surface area contributed by atoms with Crippen LogP contribution in [0.2, 0.25) is 0 Å². The van der Waals surface area contributed by atoms with Crippen LogP contribution < -0.4 is 14.2 Å². The number of fused-ring (bicyclic) bond motifs is 8. The fourth-order valence-corrected chi connectivity index (χ4v) is 9.53. The second-order valence-electron chi connectivity index (χ2n) is 15.5. The number of nitrogens with zero attached hydrogens (tertiary/aromatic N) is 3. The largest absolute Gasteiger partial charge is 0.493 e. The second-order valence-corrected chi connectivity index (χ2v) is 15.5. The Kier molecular flexibility index (Phi) is 9.24. The van der Waals surface area contributed by atoms with Crippen LogP contribution in [-0.4, -0.2) is 29.2 Å². The average Bonchev–Trinajstić information content (AvgIpc) is 3.62. The molecular formula is C53H41F2N3O3. The molecule has 0 saturated heterocycles. The van der Waals surface area contributed by atoms with Crippen molar-refractivity contribution in [2.24, 2.45) is 0 Å². The summed E-state index contributed by atoms with van der Waals surface area (Å²) in [5, 5.41) is 1.73. The van der Waals surface area contributed by atoms with E-state index in [0.717, 1.165) is 63.1 Å². The Morgan fingerprint density at radius 2 is 1.10 bits per heavy atom. The van der Waals surface area contributed by atoms with E-state index in [-0.39, 0.29) is 5.41 Å². The lowest BCUT2D eigenvalue weighted by Gasteiger charge is -2.39. The van der Waals surface area contributed by atoms with Gasteiger partial charge in [0, 0.05) is 50.2 Å². The highest BCUT2D eigenvalue weighted by atomic mass is 19.1. The van der Waals surface area contributed by atoms with Crippen molar-refractivity contribution in [1.29, 1.82) is 0 Å². The zero-order valence-corrected chi connectivity index (χ0v) is 34.2. The SMILES string of the molecule is CCC1(CC)c2ccccc2-c2c1c1c(c3cc(OC)c(OC)cc23)OC(c2ccc(-c3nc(-c4ccccc4)nc(-c4ccccc4)n3)cc2)(c2cc(F)cc(F)c2)C=C1. The van der Waals surface area contributed by atoms with E-state index < -0.39 is 17.2 Å². The summed E-state index contributed by atoms with van der Waals surface area (Å²) in [5.41, 5.74) is 7.25. The molecule has 1 aliphatic carbocycles. The van der Waals surface area contributed by atoms with E-state index >= 15 is 8.78 Å². The first-order valence-corrected chi connectivity index (χ1v) is 20.5. The van der Waals surface area contributed by atoms with Gasteiger partial charge < -0.3 is 14.2 Å². The number of aromatic nitrogens is 3. The number of ether oxygens (including phenoxy) is 3. The molecular weight excluding hydrogens is 765 g/mol. The van der Waals surface area contributed by atoms with E-state index in [9.17, 15) is 0 Å². The number of hydrogen-bond acceptors (Lipinski definition) is 6. The maximum Gasteiger partial charge on any atom is 0.178 e. The van der Waals surface area contributed by atoms with Gasteiger partial charge in [0.15, 0.2) is 34.6 Å². The lowest BCUT2D eigenvalue weighted by molar-refractivity contribution is 0.162. The van der Waals surface area contributed by atoms with E-state index in [1.165, 1.54) is 23.3 Å². The Balaban J connectivity index is 1.20. The van der Waals surface area contributed by atoms with Crippen molar-refractivity contribution >= 4 is 16.8 Å². The molecule has 0 saturated carbocycles. The maximum atomic E-state index is 15.4. The molecule has 300 valence electrons.